The minimum Gasteiger partial charge on any atom is -0.481 e. The summed E-state index contributed by atoms with van der Waals surface area (Å²) in [5.41, 5.74) is -1.20. The third-order valence-corrected chi connectivity index (χ3v) is 5.94. The van der Waals surface area contributed by atoms with Gasteiger partial charge in [0.15, 0.2) is 0 Å². The largest absolute Gasteiger partial charge is 0.481 e. The summed E-state index contributed by atoms with van der Waals surface area (Å²) in [4.78, 5) is 22.9. The van der Waals surface area contributed by atoms with Gasteiger partial charge in [-0.3, -0.25) is 9.59 Å². The average Bonchev–Trinajstić information content (AvgIpc) is 2.91. The van der Waals surface area contributed by atoms with E-state index in [1.54, 1.807) is 0 Å². The molecule has 0 aromatic rings. The number of hydrogen-bond acceptors (Lipinski definition) is 4. The fourth-order valence-electron chi connectivity index (χ4n) is 4.39. The Labute approximate surface area is 163 Å². The zero-order valence-corrected chi connectivity index (χ0v) is 16.9. The lowest BCUT2D eigenvalue weighted by Gasteiger charge is -2.36. The maximum Gasteiger partial charge on any atom is 0.303 e. The van der Waals surface area contributed by atoms with Crippen LogP contribution in [0.25, 0.3) is 0 Å². The van der Waals surface area contributed by atoms with Gasteiger partial charge in [0.25, 0.3) is 0 Å². The number of carbonyl (C=O) groups excluding carboxylic acids is 1. The van der Waals surface area contributed by atoms with Crippen molar-refractivity contribution in [1.29, 1.82) is 0 Å². The molecule has 0 amide bonds. The molecule has 1 saturated carbocycles. The molecule has 1 fully saturated rings. The molecule has 0 aromatic heterocycles. The van der Waals surface area contributed by atoms with Crippen molar-refractivity contribution in [3.63, 3.8) is 0 Å². The van der Waals surface area contributed by atoms with Crippen LogP contribution in [0, 0.1) is 11.8 Å². The quantitative estimate of drug-likeness (QED) is 0.291. The predicted octanol–water partition coefficient (Wildman–Crippen LogP) is 4.26. The minimum absolute atomic E-state index is 0.0318. The Balaban J connectivity index is 2.57. The summed E-state index contributed by atoms with van der Waals surface area (Å²) in [6, 6.07) is 0. The van der Waals surface area contributed by atoms with Gasteiger partial charge in [-0.15, -0.1) is 6.58 Å². The van der Waals surface area contributed by atoms with Gasteiger partial charge in [-0.05, 0) is 19.3 Å². The highest BCUT2D eigenvalue weighted by Gasteiger charge is 2.50. The lowest BCUT2D eigenvalue weighted by atomic mass is 9.74. The summed E-state index contributed by atoms with van der Waals surface area (Å²) in [6.45, 7) is 5.96. The topological polar surface area (TPSA) is 94.8 Å². The van der Waals surface area contributed by atoms with Crippen molar-refractivity contribution in [3.8, 4) is 0 Å². The Morgan fingerprint density at radius 1 is 1.15 bits per heavy atom. The average molecular weight is 383 g/mol. The van der Waals surface area contributed by atoms with E-state index in [2.05, 4.69) is 13.5 Å². The second-order valence-electron chi connectivity index (χ2n) is 8.08. The molecule has 3 N–H and O–H groups in total. The molecule has 0 unspecified atom stereocenters. The molecular weight excluding hydrogens is 344 g/mol. The van der Waals surface area contributed by atoms with E-state index in [0.29, 0.717) is 19.3 Å². The first kappa shape index (κ1) is 23.8. The Morgan fingerprint density at radius 2 is 1.78 bits per heavy atom. The van der Waals surface area contributed by atoms with Crippen molar-refractivity contribution in [1.82, 2.24) is 0 Å². The Bertz CT molecular complexity index is 475. The first-order chi connectivity index (χ1) is 12.9. The third-order valence-electron chi connectivity index (χ3n) is 5.94. The van der Waals surface area contributed by atoms with Crippen LogP contribution in [0.5, 0.6) is 0 Å². The van der Waals surface area contributed by atoms with Gasteiger partial charge < -0.3 is 15.3 Å². The highest BCUT2D eigenvalue weighted by Crippen LogP contribution is 2.43. The second-order valence-corrected chi connectivity index (χ2v) is 8.08. The van der Waals surface area contributed by atoms with E-state index >= 15 is 0 Å². The van der Waals surface area contributed by atoms with Gasteiger partial charge in [0, 0.05) is 24.7 Å². The number of aliphatic hydroxyl groups is 2. The summed E-state index contributed by atoms with van der Waals surface area (Å²) >= 11 is 0. The van der Waals surface area contributed by atoms with Gasteiger partial charge in [0.1, 0.15) is 5.78 Å². The van der Waals surface area contributed by atoms with Crippen LogP contribution >= 0.6 is 0 Å². The van der Waals surface area contributed by atoms with Crippen LogP contribution in [0.15, 0.2) is 12.7 Å². The summed E-state index contributed by atoms with van der Waals surface area (Å²) < 4.78 is 0. The minimum atomic E-state index is -1.20. The van der Waals surface area contributed by atoms with Gasteiger partial charge in [0.05, 0.1) is 11.7 Å². The molecule has 0 spiro atoms. The van der Waals surface area contributed by atoms with Crippen LogP contribution in [0.3, 0.4) is 0 Å². The molecule has 1 aliphatic carbocycles. The van der Waals surface area contributed by atoms with E-state index < -0.39 is 23.6 Å². The number of aliphatic hydroxyl groups excluding tert-OH is 1. The van der Waals surface area contributed by atoms with Crippen molar-refractivity contribution in [2.75, 3.05) is 0 Å². The zero-order valence-electron chi connectivity index (χ0n) is 16.9. The number of carboxylic acids is 1. The monoisotopic (exact) mass is 382 g/mol. The number of aliphatic carboxylic acids is 1. The zero-order chi connectivity index (χ0) is 20.3. The molecule has 0 aliphatic heterocycles. The van der Waals surface area contributed by atoms with E-state index in [-0.39, 0.29) is 24.5 Å². The number of ketones is 1. The molecule has 27 heavy (non-hydrogen) atoms. The molecule has 0 saturated heterocycles. The lowest BCUT2D eigenvalue weighted by Crippen LogP contribution is -2.43. The maximum absolute atomic E-state index is 12.4. The Hall–Kier alpha value is -1.20. The molecule has 1 aliphatic rings. The number of rotatable bonds is 15. The predicted molar refractivity (Wildman–Crippen MR) is 106 cm³/mol. The molecule has 0 heterocycles. The molecule has 0 radical (unpaired) electrons. The number of Topliss-reactive ketones (excluding diaryl/α,β-unsaturated/α-hetero) is 1. The van der Waals surface area contributed by atoms with Crippen LogP contribution in [0.1, 0.15) is 90.4 Å². The SMILES string of the molecule is C=C[C@](O)(CCCCCCC)[C@H]1[C@H](O)CC(=O)[C@@H]1CCCCCCC(=O)O. The van der Waals surface area contributed by atoms with Crippen molar-refractivity contribution < 1.29 is 24.9 Å². The number of carbonyl (C=O) groups is 2. The van der Waals surface area contributed by atoms with Crippen molar-refractivity contribution in [3.05, 3.63) is 12.7 Å². The molecule has 5 nitrogen and oxygen atoms in total. The smallest absolute Gasteiger partial charge is 0.303 e. The van der Waals surface area contributed by atoms with Crippen molar-refractivity contribution >= 4 is 11.8 Å². The fourth-order valence-corrected chi connectivity index (χ4v) is 4.39. The molecule has 0 bridgehead atoms. The highest BCUT2D eigenvalue weighted by molar-refractivity contribution is 5.84. The van der Waals surface area contributed by atoms with Crippen LogP contribution < -0.4 is 0 Å². The van der Waals surface area contributed by atoms with E-state index in [1.165, 1.54) is 12.5 Å². The Morgan fingerprint density at radius 3 is 2.41 bits per heavy atom. The molecule has 156 valence electrons. The van der Waals surface area contributed by atoms with Crippen LogP contribution in [0.4, 0.5) is 0 Å². The van der Waals surface area contributed by atoms with E-state index in [0.717, 1.165) is 44.9 Å². The van der Waals surface area contributed by atoms with Crippen molar-refractivity contribution in [2.45, 2.75) is 102 Å². The van der Waals surface area contributed by atoms with Crippen LogP contribution in [-0.2, 0) is 9.59 Å². The van der Waals surface area contributed by atoms with Crippen LogP contribution in [-0.4, -0.2) is 38.8 Å². The number of unbranched alkanes of at least 4 members (excludes halogenated alkanes) is 7. The van der Waals surface area contributed by atoms with Gasteiger partial charge in [-0.2, -0.15) is 0 Å². The molecule has 4 atom stereocenters. The van der Waals surface area contributed by atoms with Crippen molar-refractivity contribution in [2.24, 2.45) is 11.8 Å². The first-order valence-electron chi connectivity index (χ1n) is 10.6. The first-order valence-corrected chi connectivity index (χ1v) is 10.6. The summed E-state index contributed by atoms with van der Waals surface area (Å²) in [6.07, 6.45) is 10.7. The van der Waals surface area contributed by atoms with Gasteiger partial charge in [-0.25, -0.2) is 0 Å². The lowest BCUT2D eigenvalue weighted by molar-refractivity contribution is -0.137. The highest BCUT2D eigenvalue weighted by atomic mass is 16.4. The van der Waals surface area contributed by atoms with Gasteiger partial charge >= 0.3 is 5.97 Å². The summed E-state index contributed by atoms with van der Waals surface area (Å²) in [5.74, 6) is -1.56. The molecule has 0 aromatic carbocycles. The van der Waals surface area contributed by atoms with E-state index in [9.17, 15) is 19.8 Å². The van der Waals surface area contributed by atoms with E-state index in [4.69, 9.17) is 5.11 Å². The maximum atomic E-state index is 12.4. The third kappa shape index (κ3) is 7.74. The molecular formula is C22H38O5. The Kier molecular flexibility index (Phi) is 10.9. The summed E-state index contributed by atoms with van der Waals surface area (Å²) in [5, 5.41) is 30.3. The van der Waals surface area contributed by atoms with Crippen LogP contribution in [0.2, 0.25) is 0 Å². The summed E-state index contributed by atoms with van der Waals surface area (Å²) in [7, 11) is 0. The van der Waals surface area contributed by atoms with E-state index in [1.807, 2.05) is 0 Å². The second kappa shape index (κ2) is 12.3. The molecule has 5 heteroatoms. The fraction of sp³-hybridized carbons (Fsp3) is 0.818. The number of hydrogen-bond donors (Lipinski definition) is 3. The molecule has 1 rings (SSSR count). The normalized spacial score (nSPS) is 24.7. The standard InChI is InChI=1S/C22H38O5/c1-3-5-6-9-12-15-22(27,4-2)21-17(18(23)16-19(21)24)13-10-7-8-11-14-20(25)26/h4,17,19,21,24,27H,2-3,5-16H2,1H3,(H,25,26)/t17-,19+,21+,22-/m0/s1. The van der Waals surface area contributed by atoms with Gasteiger partial charge in [0.2, 0.25) is 0 Å². The number of carboxylic acid groups (broad SMARTS) is 1. The van der Waals surface area contributed by atoms with Gasteiger partial charge in [-0.1, -0.05) is 64.4 Å².